The van der Waals surface area contributed by atoms with E-state index in [1.807, 2.05) is 42.6 Å². The molecule has 0 saturated heterocycles. The summed E-state index contributed by atoms with van der Waals surface area (Å²) in [6, 6.07) is 13.9. The standard InChI is InChI=1S/C21H24N6OS2/c1-22-29-21(18-6-7-19-17(12-18)4-3-9-24-19)27-15-23-13-16-5-8-20(26-14-16)25-10-11-30(2)28/h3-9,12,14,23H,1,10-11,13,15H2,2H3,(H,25,26). The summed E-state index contributed by atoms with van der Waals surface area (Å²) in [4.78, 5) is 13.4. The maximum absolute atomic E-state index is 11.1. The van der Waals surface area contributed by atoms with E-state index in [9.17, 15) is 4.21 Å². The first kappa shape index (κ1) is 22.1. The van der Waals surface area contributed by atoms with Gasteiger partial charge in [0, 0.05) is 71.2 Å². The van der Waals surface area contributed by atoms with Crippen molar-refractivity contribution in [3.8, 4) is 0 Å². The van der Waals surface area contributed by atoms with Gasteiger partial charge >= 0.3 is 0 Å². The van der Waals surface area contributed by atoms with Crippen LogP contribution in [0.4, 0.5) is 5.82 Å². The number of benzene rings is 1. The molecular formula is C21H24N6OS2. The van der Waals surface area contributed by atoms with Crippen LogP contribution in [-0.4, -0.2) is 51.2 Å². The monoisotopic (exact) mass is 440 g/mol. The first-order chi connectivity index (χ1) is 14.7. The first-order valence-corrected chi connectivity index (χ1v) is 11.9. The van der Waals surface area contributed by atoms with Gasteiger partial charge in [-0.25, -0.2) is 9.38 Å². The Morgan fingerprint density at radius 2 is 2.13 bits per heavy atom. The first-order valence-electron chi connectivity index (χ1n) is 9.38. The lowest BCUT2D eigenvalue weighted by Gasteiger charge is -2.07. The summed E-state index contributed by atoms with van der Waals surface area (Å²) in [6.45, 7) is 5.31. The highest BCUT2D eigenvalue weighted by Crippen LogP contribution is 2.19. The summed E-state index contributed by atoms with van der Waals surface area (Å²) in [5.41, 5.74) is 2.99. The van der Waals surface area contributed by atoms with Crippen LogP contribution in [0.15, 0.2) is 64.2 Å². The normalized spacial score (nSPS) is 12.6. The average Bonchev–Trinajstić information content (AvgIpc) is 2.76. The van der Waals surface area contributed by atoms with Gasteiger partial charge in [0.05, 0.1) is 12.2 Å². The van der Waals surface area contributed by atoms with Crippen LogP contribution < -0.4 is 10.6 Å². The molecule has 30 heavy (non-hydrogen) atoms. The highest BCUT2D eigenvalue weighted by molar-refractivity contribution is 8.13. The molecule has 7 nitrogen and oxygen atoms in total. The fourth-order valence-electron chi connectivity index (χ4n) is 2.73. The lowest BCUT2D eigenvalue weighted by Crippen LogP contribution is -2.15. The van der Waals surface area contributed by atoms with Crippen molar-refractivity contribution < 1.29 is 4.21 Å². The Morgan fingerprint density at radius 3 is 2.90 bits per heavy atom. The van der Waals surface area contributed by atoms with E-state index in [2.05, 4.69) is 42.8 Å². The average molecular weight is 441 g/mol. The topological polar surface area (TPSA) is 91.6 Å². The molecule has 2 aromatic heterocycles. The summed E-state index contributed by atoms with van der Waals surface area (Å²) < 4.78 is 15.0. The summed E-state index contributed by atoms with van der Waals surface area (Å²) in [5, 5.41) is 8.32. The second-order valence-corrected chi connectivity index (χ2v) is 8.82. The predicted octanol–water partition coefficient (Wildman–Crippen LogP) is 3.26. The number of fused-ring (bicyclic) bond motifs is 1. The Morgan fingerprint density at radius 1 is 1.23 bits per heavy atom. The quantitative estimate of drug-likeness (QED) is 0.218. The number of hydrogen-bond donors (Lipinski definition) is 2. The largest absolute Gasteiger partial charge is 0.369 e. The number of pyridine rings is 2. The van der Waals surface area contributed by atoms with Crippen LogP contribution in [-0.2, 0) is 17.3 Å². The minimum Gasteiger partial charge on any atom is -0.369 e. The van der Waals surface area contributed by atoms with Crippen LogP contribution in [0.2, 0.25) is 0 Å². The molecule has 1 atom stereocenters. The van der Waals surface area contributed by atoms with Crippen molar-refractivity contribution in [3.05, 3.63) is 66.0 Å². The minimum atomic E-state index is -0.804. The third-order valence-corrected chi connectivity index (χ3v) is 5.63. The molecule has 2 N–H and O–H groups in total. The van der Waals surface area contributed by atoms with E-state index in [0.717, 1.165) is 32.9 Å². The molecule has 0 fully saturated rings. The van der Waals surface area contributed by atoms with Gasteiger partial charge in [0.25, 0.3) is 0 Å². The predicted molar refractivity (Wildman–Crippen MR) is 129 cm³/mol. The molecule has 9 heteroatoms. The smallest absolute Gasteiger partial charge is 0.125 e. The van der Waals surface area contributed by atoms with Gasteiger partial charge in [0.1, 0.15) is 10.9 Å². The minimum absolute atomic E-state index is 0.450. The van der Waals surface area contributed by atoms with Gasteiger partial charge in [-0.2, -0.15) is 0 Å². The fraction of sp³-hybridized carbons (Fsp3) is 0.238. The summed E-state index contributed by atoms with van der Waals surface area (Å²) in [7, 11) is -0.804. The molecular weight excluding hydrogens is 416 g/mol. The fourth-order valence-corrected chi connectivity index (χ4v) is 3.59. The van der Waals surface area contributed by atoms with Gasteiger partial charge in [-0.1, -0.05) is 18.2 Å². The van der Waals surface area contributed by atoms with E-state index in [1.54, 1.807) is 12.5 Å². The molecule has 0 spiro atoms. The third-order valence-electron chi connectivity index (χ3n) is 4.18. The van der Waals surface area contributed by atoms with Gasteiger partial charge in [0.15, 0.2) is 0 Å². The van der Waals surface area contributed by atoms with Crippen LogP contribution in [0, 0.1) is 0 Å². The number of hydrogen-bond acceptors (Lipinski definition) is 8. The second kappa shape index (κ2) is 11.5. The van der Waals surface area contributed by atoms with Crippen molar-refractivity contribution in [3.63, 3.8) is 0 Å². The number of anilines is 1. The Balaban J connectivity index is 1.55. The molecule has 0 bridgehead atoms. The number of aliphatic imine (C=N–C) groups is 1. The SMILES string of the molecule is C=NSC(=NCNCc1ccc(NCCS(C)=O)nc1)c1ccc2ncccc2c1. The molecule has 0 saturated carbocycles. The number of nitrogens with one attached hydrogen (secondary N) is 2. The van der Waals surface area contributed by atoms with Crippen LogP contribution >= 0.6 is 11.9 Å². The molecule has 0 aliphatic rings. The van der Waals surface area contributed by atoms with Gasteiger partial charge < -0.3 is 5.32 Å². The molecule has 0 aliphatic carbocycles. The van der Waals surface area contributed by atoms with Gasteiger partial charge in [0.2, 0.25) is 0 Å². The van der Waals surface area contributed by atoms with Crippen LogP contribution in [0.1, 0.15) is 11.1 Å². The number of aromatic nitrogens is 2. The van der Waals surface area contributed by atoms with Crippen LogP contribution in [0.5, 0.6) is 0 Å². The molecule has 156 valence electrons. The van der Waals surface area contributed by atoms with Crippen molar-refractivity contribution in [1.82, 2.24) is 15.3 Å². The summed E-state index contributed by atoms with van der Waals surface area (Å²) in [6.07, 6.45) is 5.30. The second-order valence-electron chi connectivity index (χ2n) is 6.44. The Labute approximate surface area is 183 Å². The highest BCUT2D eigenvalue weighted by Gasteiger charge is 2.06. The van der Waals surface area contributed by atoms with E-state index in [4.69, 9.17) is 0 Å². The Kier molecular flexibility index (Phi) is 8.49. The molecule has 3 aromatic rings. The summed E-state index contributed by atoms with van der Waals surface area (Å²) in [5.74, 6) is 1.39. The van der Waals surface area contributed by atoms with Gasteiger partial charge in [-0.3, -0.25) is 19.5 Å². The molecule has 2 heterocycles. The van der Waals surface area contributed by atoms with Crippen LogP contribution in [0.3, 0.4) is 0 Å². The van der Waals surface area contributed by atoms with E-state index < -0.39 is 10.8 Å². The maximum atomic E-state index is 11.1. The zero-order chi connectivity index (χ0) is 21.2. The van der Waals surface area contributed by atoms with E-state index >= 15 is 0 Å². The van der Waals surface area contributed by atoms with E-state index in [-0.39, 0.29) is 0 Å². The van der Waals surface area contributed by atoms with E-state index in [1.165, 1.54) is 11.9 Å². The summed E-state index contributed by atoms with van der Waals surface area (Å²) >= 11 is 1.26. The number of rotatable bonds is 10. The van der Waals surface area contributed by atoms with Gasteiger partial charge in [-0.15, -0.1) is 0 Å². The lowest BCUT2D eigenvalue weighted by molar-refractivity contribution is 0.687. The van der Waals surface area contributed by atoms with Crippen molar-refractivity contribution in [2.24, 2.45) is 9.39 Å². The lowest BCUT2D eigenvalue weighted by atomic mass is 10.1. The van der Waals surface area contributed by atoms with Crippen LogP contribution in [0.25, 0.3) is 10.9 Å². The molecule has 0 amide bonds. The zero-order valence-electron chi connectivity index (χ0n) is 16.7. The molecule has 0 aliphatic heterocycles. The molecule has 1 aromatic carbocycles. The third kappa shape index (κ3) is 6.72. The molecule has 3 rings (SSSR count). The molecule has 0 radical (unpaired) electrons. The van der Waals surface area contributed by atoms with Gasteiger partial charge in [-0.05, 0) is 36.5 Å². The van der Waals surface area contributed by atoms with Crippen molar-refractivity contribution >= 4 is 51.2 Å². The van der Waals surface area contributed by atoms with Crippen molar-refractivity contribution in [2.75, 3.05) is 30.5 Å². The van der Waals surface area contributed by atoms with Crippen molar-refractivity contribution in [2.45, 2.75) is 6.54 Å². The zero-order valence-corrected chi connectivity index (χ0v) is 18.4. The Hall–Kier alpha value is -2.62. The Bertz CT molecular complexity index is 1040. The maximum Gasteiger partial charge on any atom is 0.125 e. The van der Waals surface area contributed by atoms with E-state index in [0.29, 0.717) is 25.5 Å². The number of nitrogens with zero attached hydrogens (tertiary/aromatic N) is 4. The highest BCUT2D eigenvalue weighted by atomic mass is 32.2. The van der Waals surface area contributed by atoms with Crippen molar-refractivity contribution in [1.29, 1.82) is 0 Å². The molecule has 1 unspecified atom stereocenters.